The molecule has 2 aromatic carbocycles. The van der Waals surface area contributed by atoms with Crippen LogP contribution in [0.1, 0.15) is 47.7 Å². The molecule has 4 rings (SSSR count). The van der Waals surface area contributed by atoms with Gasteiger partial charge in [0.25, 0.3) is 5.91 Å². The average Bonchev–Trinajstić information content (AvgIpc) is 3.64. The molecule has 11 nitrogen and oxygen atoms in total. The minimum Gasteiger partial charge on any atom is -0.354 e. The molecule has 1 fully saturated rings. The zero-order valence-electron chi connectivity index (χ0n) is 21.7. The van der Waals surface area contributed by atoms with Crippen molar-refractivity contribution in [1.29, 1.82) is 0 Å². The molecule has 2 N–H and O–H groups in total. The van der Waals surface area contributed by atoms with Gasteiger partial charge in [-0.15, -0.1) is 0 Å². The molecule has 0 unspecified atom stereocenters. The van der Waals surface area contributed by atoms with E-state index in [2.05, 4.69) is 10.4 Å². The molecule has 2 amide bonds. The van der Waals surface area contributed by atoms with E-state index in [9.17, 15) is 39.6 Å². The lowest BCUT2D eigenvalue weighted by Gasteiger charge is -2.25. The molecule has 0 aliphatic heterocycles. The van der Waals surface area contributed by atoms with Crippen LogP contribution < -0.4 is 14.3 Å². The summed E-state index contributed by atoms with van der Waals surface area (Å²) in [5.74, 6) is -1.88. The monoisotopic (exact) mass is 635 g/mol. The van der Waals surface area contributed by atoms with Crippen molar-refractivity contribution in [2.75, 3.05) is 24.2 Å². The number of fused-ring (bicyclic) bond motifs is 1. The normalized spacial score (nSPS) is 14.2. The van der Waals surface area contributed by atoms with Gasteiger partial charge in [0.15, 0.2) is 0 Å². The number of anilines is 1. The maximum atomic E-state index is 12.9. The summed E-state index contributed by atoms with van der Waals surface area (Å²) in [5.41, 5.74) is -3.77. The number of hydrogen-bond donors (Lipinski definition) is 2. The summed E-state index contributed by atoms with van der Waals surface area (Å²) in [6.45, 7) is -0.330. The van der Waals surface area contributed by atoms with Gasteiger partial charge >= 0.3 is 15.5 Å². The van der Waals surface area contributed by atoms with Gasteiger partial charge in [0, 0.05) is 30.4 Å². The van der Waals surface area contributed by atoms with Gasteiger partial charge in [-0.2, -0.15) is 26.7 Å². The number of alkyl halides is 3. The molecule has 3 aromatic rings. The van der Waals surface area contributed by atoms with Gasteiger partial charge < -0.3 is 5.32 Å². The fourth-order valence-electron chi connectivity index (χ4n) is 4.29. The van der Waals surface area contributed by atoms with Crippen LogP contribution in [-0.4, -0.2) is 63.8 Å². The van der Waals surface area contributed by atoms with Crippen LogP contribution in [0, 0.1) is 0 Å². The molecule has 1 aliphatic carbocycles. The van der Waals surface area contributed by atoms with Crippen LogP contribution in [0.3, 0.4) is 0 Å². The fraction of sp³-hybridized carbons (Fsp3) is 0.375. The number of nitrogens with zero attached hydrogens (tertiary/aromatic N) is 3. The fourth-order valence-corrected chi connectivity index (χ4v) is 5.91. The molecular weight excluding hydrogens is 611 g/mol. The summed E-state index contributed by atoms with van der Waals surface area (Å²) in [6.07, 6.45) is 1.48. The van der Waals surface area contributed by atoms with E-state index in [4.69, 9.17) is 11.6 Å². The van der Waals surface area contributed by atoms with E-state index in [0.717, 1.165) is 28.1 Å². The molecule has 0 radical (unpaired) electrons. The van der Waals surface area contributed by atoms with E-state index in [1.807, 2.05) is 0 Å². The van der Waals surface area contributed by atoms with E-state index < -0.39 is 43.8 Å². The van der Waals surface area contributed by atoms with Crippen molar-refractivity contribution < 1.29 is 39.6 Å². The van der Waals surface area contributed by atoms with E-state index >= 15 is 0 Å². The molecule has 1 heterocycles. The van der Waals surface area contributed by atoms with E-state index in [1.165, 1.54) is 17.8 Å². The Bertz CT molecular complexity index is 1720. The SMILES string of the molecule is CNC(=O)c1c2cc(C3CC3)c(N(CCCC(=O)NS(=O)(=O)C(F)(F)F)S(C)(=O)=O)cc2nn1-c1ccc(Cl)cc1. The molecular formula is C24H25ClF3N5O6S2. The molecule has 1 saturated carbocycles. The lowest BCUT2D eigenvalue weighted by atomic mass is 10.0. The number of nitrogens with one attached hydrogen (secondary N) is 2. The maximum absolute atomic E-state index is 12.9. The first-order valence-corrected chi connectivity index (χ1v) is 15.9. The molecule has 41 heavy (non-hydrogen) atoms. The minimum absolute atomic E-state index is 0.0182. The number of amides is 2. The van der Waals surface area contributed by atoms with Crippen LogP contribution in [-0.2, 0) is 24.8 Å². The first kappa shape index (κ1) is 30.6. The van der Waals surface area contributed by atoms with Crippen LogP contribution in [0.5, 0.6) is 0 Å². The molecule has 1 aliphatic rings. The summed E-state index contributed by atoms with van der Waals surface area (Å²) in [4.78, 5) is 24.8. The van der Waals surface area contributed by atoms with Crippen LogP contribution >= 0.6 is 11.6 Å². The number of benzene rings is 2. The predicted octanol–water partition coefficient (Wildman–Crippen LogP) is 3.43. The highest BCUT2D eigenvalue weighted by Gasteiger charge is 2.47. The van der Waals surface area contributed by atoms with Crippen LogP contribution in [0.2, 0.25) is 5.02 Å². The number of hydrogen-bond acceptors (Lipinski definition) is 7. The summed E-state index contributed by atoms with van der Waals surface area (Å²) < 4.78 is 89.2. The second-order valence-electron chi connectivity index (χ2n) is 9.43. The number of aromatic nitrogens is 2. The van der Waals surface area contributed by atoms with Crippen LogP contribution in [0.15, 0.2) is 36.4 Å². The molecule has 17 heteroatoms. The van der Waals surface area contributed by atoms with Gasteiger partial charge in [-0.1, -0.05) is 11.6 Å². The summed E-state index contributed by atoms with van der Waals surface area (Å²) in [7, 11) is -8.39. The number of carbonyl (C=O) groups is 2. The Kier molecular flexibility index (Phi) is 8.30. The first-order valence-electron chi connectivity index (χ1n) is 12.2. The Morgan fingerprint density at radius 3 is 2.29 bits per heavy atom. The number of sulfonamides is 2. The Labute approximate surface area is 238 Å². The quantitative estimate of drug-likeness (QED) is 0.347. The molecule has 222 valence electrons. The van der Waals surface area contributed by atoms with Crippen molar-refractivity contribution in [3.05, 3.63) is 52.7 Å². The van der Waals surface area contributed by atoms with Gasteiger partial charge in [-0.25, -0.2) is 17.8 Å². The molecule has 1 aromatic heterocycles. The van der Waals surface area contributed by atoms with Gasteiger partial charge in [0.1, 0.15) is 5.69 Å². The Hall–Kier alpha value is -3.37. The van der Waals surface area contributed by atoms with Gasteiger partial charge in [-0.3, -0.25) is 13.9 Å². The summed E-state index contributed by atoms with van der Waals surface area (Å²) in [5, 5.41) is 8.08. The number of carbonyl (C=O) groups excluding carboxylic acids is 2. The highest BCUT2D eigenvalue weighted by molar-refractivity contribution is 7.92. The van der Waals surface area contributed by atoms with Crippen LogP contribution in [0.4, 0.5) is 18.9 Å². The molecule has 0 bridgehead atoms. The van der Waals surface area contributed by atoms with Crippen molar-refractivity contribution in [2.45, 2.75) is 37.1 Å². The van der Waals surface area contributed by atoms with Gasteiger partial charge in [-0.05, 0) is 67.1 Å². The second-order valence-corrected chi connectivity index (χ2v) is 13.4. The third kappa shape index (κ3) is 6.59. The van der Waals surface area contributed by atoms with Crippen molar-refractivity contribution in [1.82, 2.24) is 19.8 Å². The van der Waals surface area contributed by atoms with Crippen molar-refractivity contribution in [3.8, 4) is 5.69 Å². The van der Waals surface area contributed by atoms with Gasteiger partial charge in [0.2, 0.25) is 15.9 Å². The highest BCUT2D eigenvalue weighted by atomic mass is 35.5. The third-order valence-corrected chi connectivity index (χ3v) is 8.87. The molecule has 0 spiro atoms. The summed E-state index contributed by atoms with van der Waals surface area (Å²) in [6, 6.07) is 9.79. The zero-order chi connectivity index (χ0) is 30.3. The Morgan fingerprint density at radius 1 is 1.12 bits per heavy atom. The Balaban J connectivity index is 1.73. The van der Waals surface area contributed by atoms with Crippen molar-refractivity contribution in [3.63, 3.8) is 0 Å². The highest BCUT2D eigenvalue weighted by Crippen LogP contribution is 2.46. The first-order chi connectivity index (χ1) is 19.0. The Morgan fingerprint density at radius 2 is 1.76 bits per heavy atom. The largest absolute Gasteiger partial charge is 0.516 e. The number of rotatable bonds is 10. The van der Waals surface area contributed by atoms with Crippen molar-refractivity contribution in [2.24, 2.45) is 0 Å². The van der Waals surface area contributed by atoms with E-state index in [1.54, 1.807) is 30.3 Å². The smallest absolute Gasteiger partial charge is 0.354 e. The summed E-state index contributed by atoms with van der Waals surface area (Å²) >= 11 is 6.00. The van der Waals surface area contributed by atoms with E-state index in [0.29, 0.717) is 27.2 Å². The van der Waals surface area contributed by atoms with Gasteiger partial charge in [0.05, 0.1) is 23.1 Å². The topological polar surface area (TPSA) is 148 Å². The average molecular weight is 636 g/mol. The number of halogens is 4. The zero-order valence-corrected chi connectivity index (χ0v) is 24.1. The lowest BCUT2D eigenvalue weighted by Crippen LogP contribution is -2.40. The molecule has 0 atom stereocenters. The second kappa shape index (κ2) is 11.1. The predicted molar refractivity (Wildman–Crippen MR) is 146 cm³/mol. The minimum atomic E-state index is -5.88. The lowest BCUT2D eigenvalue weighted by molar-refractivity contribution is -0.120. The standard InChI is InChI=1S/C24H25ClF3N5O6S2/c1-29-23(35)22-18-12-17(14-5-6-14)20(13-19(18)30-33(22)16-9-7-15(25)8-10-16)32(40(2,36)37)11-3-4-21(34)31-41(38,39)24(26,27)28/h7-10,12-14H,3-6,11H2,1-2H3,(H,29,35)(H,31,34). The maximum Gasteiger partial charge on any atom is 0.516 e. The van der Waals surface area contributed by atoms with E-state index in [-0.39, 0.29) is 30.3 Å². The van der Waals surface area contributed by atoms with Crippen LogP contribution in [0.25, 0.3) is 16.6 Å². The van der Waals surface area contributed by atoms with Crippen molar-refractivity contribution >= 4 is 60.1 Å². The molecule has 0 saturated heterocycles. The third-order valence-electron chi connectivity index (χ3n) is 6.34.